The van der Waals surface area contributed by atoms with Crippen LogP contribution in [-0.2, 0) is 0 Å². The van der Waals surface area contributed by atoms with Crippen molar-refractivity contribution in [3.05, 3.63) is 59.4 Å². The first-order valence-electron chi connectivity index (χ1n) is 5.14. The van der Waals surface area contributed by atoms with Crippen molar-refractivity contribution in [2.24, 2.45) is 0 Å². The van der Waals surface area contributed by atoms with Gasteiger partial charge in [0.05, 0.1) is 5.69 Å². The first-order valence-corrected chi connectivity index (χ1v) is 5.14. The highest BCUT2D eigenvalue weighted by Gasteiger charge is 1.90. The summed E-state index contributed by atoms with van der Waals surface area (Å²) in [4.78, 5) is 4.24. The van der Waals surface area contributed by atoms with E-state index >= 15 is 0 Å². The molecule has 1 aromatic carbocycles. The monoisotopic (exact) mass is 211 g/mol. The van der Waals surface area contributed by atoms with Crippen LogP contribution in [0, 0.1) is 6.92 Å². The highest BCUT2D eigenvalue weighted by atomic mass is 16.3. The van der Waals surface area contributed by atoms with E-state index in [-0.39, 0.29) is 5.75 Å². The van der Waals surface area contributed by atoms with E-state index in [1.54, 1.807) is 18.3 Å². The van der Waals surface area contributed by atoms with Gasteiger partial charge in [-0.25, -0.2) is 0 Å². The Hall–Kier alpha value is -2.09. The number of benzene rings is 1. The van der Waals surface area contributed by atoms with Crippen LogP contribution in [0.4, 0.5) is 0 Å². The first-order chi connectivity index (χ1) is 7.74. The number of rotatable bonds is 2. The molecule has 0 amide bonds. The molecule has 0 fully saturated rings. The van der Waals surface area contributed by atoms with Crippen molar-refractivity contribution in [2.75, 3.05) is 0 Å². The summed E-state index contributed by atoms with van der Waals surface area (Å²) in [6, 6.07) is 11.1. The number of aromatic nitrogens is 1. The third kappa shape index (κ3) is 2.70. The summed E-state index contributed by atoms with van der Waals surface area (Å²) in [5.74, 6) is 0.283. The van der Waals surface area contributed by atoms with Gasteiger partial charge in [0, 0.05) is 6.20 Å². The highest BCUT2D eigenvalue weighted by Crippen LogP contribution is 2.12. The van der Waals surface area contributed by atoms with E-state index in [1.165, 1.54) is 5.56 Å². The molecule has 16 heavy (non-hydrogen) atoms. The first kappa shape index (κ1) is 10.4. The van der Waals surface area contributed by atoms with Crippen molar-refractivity contribution in [3.63, 3.8) is 0 Å². The molecule has 2 aromatic rings. The smallest absolute Gasteiger partial charge is 0.115 e. The number of hydrogen-bond donors (Lipinski definition) is 1. The molecular weight excluding hydrogens is 198 g/mol. The summed E-state index contributed by atoms with van der Waals surface area (Å²) >= 11 is 0. The maximum Gasteiger partial charge on any atom is 0.115 e. The number of nitrogens with zero attached hydrogens (tertiary/aromatic N) is 1. The highest BCUT2D eigenvalue weighted by molar-refractivity contribution is 5.68. The molecule has 0 saturated heterocycles. The molecule has 1 aromatic heterocycles. The summed E-state index contributed by atoms with van der Waals surface area (Å²) in [6.07, 6.45) is 5.73. The Balaban J connectivity index is 2.18. The molecule has 0 saturated carbocycles. The van der Waals surface area contributed by atoms with Crippen LogP contribution in [0.5, 0.6) is 5.75 Å². The minimum atomic E-state index is 0.283. The molecule has 0 aliphatic rings. The van der Waals surface area contributed by atoms with Gasteiger partial charge in [-0.3, -0.25) is 4.98 Å². The average molecular weight is 211 g/mol. The molecular formula is C14H13NO. The van der Waals surface area contributed by atoms with Gasteiger partial charge in [-0.15, -0.1) is 0 Å². The second-order valence-electron chi connectivity index (χ2n) is 3.68. The van der Waals surface area contributed by atoms with Crippen LogP contribution in [-0.4, -0.2) is 10.1 Å². The maximum absolute atomic E-state index is 9.14. The van der Waals surface area contributed by atoms with Crippen LogP contribution in [0.3, 0.4) is 0 Å². The second kappa shape index (κ2) is 4.62. The van der Waals surface area contributed by atoms with Crippen LogP contribution in [0.2, 0.25) is 0 Å². The summed E-state index contributed by atoms with van der Waals surface area (Å²) in [6.45, 7) is 2.04. The van der Waals surface area contributed by atoms with Crippen molar-refractivity contribution in [3.8, 4) is 5.75 Å². The Kier molecular flexibility index (Phi) is 3.01. The van der Waals surface area contributed by atoms with Crippen LogP contribution in [0.1, 0.15) is 16.8 Å². The summed E-state index contributed by atoms with van der Waals surface area (Å²) in [5.41, 5.74) is 3.18. The van der Waals surface area contributed by atoms with E-state index in [2.05, 4.69) is 4.98 Å². The molecule has 1 heterocycles. The van der Waals surface area contributed by atoms with Crippen molar-refractivity contribution in [1.82, 2.24) is 4.98 Å². The van der Waals surface area contributed by atoms with Gasteiger partial charge in [0.1, 0.15) is 5.75 Å². The van der Waals surface area contributed by atoms with Gasteiger partial charge in [-0.2, -0.15) is 0 Å². The quantitative estimate of drug-likeness (QED) is 0.827. The molecule has 2 nitrogen and oxygen atoms in total. The topological polar surface area (TPSA) is 33.1 Å². The number of hydrogen-bond acceptors (Lipinski definition) is 2. The molecule has 0 spiro atoms. The third-order valence-corrected chi connectivity index (χ3v) is 2.28. The van der Waals surface area contributed by atoms with Crippen molar-refractivity contribution < 1.29 is 5.11 Å². The number of phenols is 1. The fraction of sp³-hybridized carbons (Fsp3) is 0.0714. The van der Waals surface area contributed by atoms with Gasteiger partial charge >= 0.3 is 0 Å². The number of aryl methyl sites for hydroxylation is 1. The molecule has 1 N–H and O–H groups in total. The minimum Gasteiger partial charge on any atom is -0.508 e. The van der Waals surface area contributed by atoms with Gasteiger partial charge in [-0.1, -0.05) is 18.2 Å². The molecule has 0 atom stereocenters. The van der Waals surface area contributed by atoms with E-state index in [0.717, 1.165) is 11.3 Å². The van der Waals surface area contributed by atoms with Gasteiger partial charge in [-0.05, 0) is 48.4 Å². The number of phenolic OH excluding ortho intramolecular Hbond substituents is 1. The third-order valence-electron chi connectivity index (χ3n) is 2.28. The molecule has 0 radical (unpaired) electrons. The lowest BCUT2D eigenvalue weighted by molar-refractivity contribution is 0.475. The van der Waals surface area contributed by atoms with Gasteiger partial charge in [0.25, 0.3) is 0 Å². The van der Waals surface area contributed by atoms with Crippen molar-refractivity contribution >= 4 is 12.2 Å². The number of pyridine rings is 1. The fourth-order valence-electron chi connectivity index (χ4n) is 1.42. The van der Waals surface area contributed by atoms with Crippen molar-refractivity contribution in [1.29, 1.82) is 0 Å². The number of aromatic hydroxyl groups is 1. The van der Waals surface area contributed by atoms with E-state index in [4.69, 9.17) is 5.11 Å². The van der Waals surface area contributed by atoms with E-state index < -0.39 is 0 Å². The standard InChI is InChI=1S/C14H13NO/c1-11-8-9-15-13(10-11)5-2-12-3-6-14(16)7-4-12/h2-10,16H,1H3/b5-2+. The predicted octanol–water partition coefficient (Wildman–Crippen LogP) is 3.27. The molecule has 2 heteroatoms. The maximum atomic E-state index is 9.14. The van der Waals surface area contributed by atoms with Crippen LogP contribution in [0.15, 0.2) is 42.6 Å². The Bertz CT molecular complexity index is 500. The Morgan fingerprint density at radius 1 is 1.06 bits per heavy atom. The second-order valence-corrected chi connectivity index (χ2v) is 3.68. The lowest BCUT2D eigenvalue weighted by Crippen LogP contribution is -1.80. The normalized spacial score (nSPS) is 10.8. The van der Waals surface area contributed by atoms with Crippen LogP contribution in [0.25, 0.3) is 12.2 Å². The Morgan fingerprint density at radius 2 is 1.81 bits per heavy atom. The molecule has 0 aliphatic heterocycles. The van der Waals surface area contributed by atoms with Gasteiger partial charge in [0.15, 0.2) is 0 Å². The summed E-state index contributed by atoms with van der Waals surface area (Å²) in [5, 5.41) is 9.14. The lowest BCUT2D eigenvalue weighted by Gasteiger charge is -1.96. The SMILES string of the molecule is Cc1ccnc(/C=C/c2ccc(O)cc2)c1. The van der Waals surface area contributed by atoms with Crippen molar-refractivity contribution in [2.45, 2.75) is 6.92 Å². The van der Waals surface area contributed by atoms with E-state index in [9.17, 15) is 0 Å². The summed E-state index contributed by atoms with van der Waals surface area (Å²) < 4.78 is 0. The molecule has 0 aliphatic carbocycles. The average Bonchev–Trinajstić information content (AvgIpc) is 2.28. The molecule has 2 rings (SSSR count). The summed E-state index contributed by atoms with van der Waals surface area (Å²) in [7, 11) is 0. The van der Waals surface area contributed by atoms with Crippen LogP contribution < -0.4 is 0 Å². The Labute approximate surface area is 94.9 Å². The Morgan fingerprint density at radius 3 is 2.50 bits per heavy atom. The van der Waals surface area contributed by atoms with Crippen LogP contribution >= 0.6 is 0 Å². The zero-order valence-corrected chi connectivity index (χ0v) is 9.09. The molecule has 0 bridgehead atoms. The molecule has 80 valence electrons. The van der Waals surface area contributed by atoms with E-state index in [0.29, 0.717) is 0 Å². The fourth-order valence-corrected chi connectivity index (χ4v) is 1.42. The minimum absolute atomic E-state index is 0.283. The zero-order valence-electron chi connectivity index (χ0n) is 9.09. The predicted molar refractivity (Wildman–Crippen MR) is 66.0 cm³/mol. The lowest BCUT2D eigenvalue weighted by atomic mass is 10.2. The van der Waals surface area contributed by atoms with E-state index in [1.807, 2.05) is 43.3 Å². The largest absolute Gasteiger partial charge is 0.508 e. The van der Waals surface area contributed by atoms with Gasteiger partial charge in [0.2, 0.25) is 0 Å². The molecule has 0 unspecified atom stereocenters. The van der Waals surface area contributed by atoms with Gasteiger partial charge < -0.3 is 5.11 Å². The zero-order chi connectivity index (χ0) is 11.4.